The monoisotopic (exact) mass is 256 g/mol. The van der Waals surface area contributed by atoms with Gasteiger partial charge in [0.2, 0.25) is 5.91 Å². The van der Waals surface area contributed by atoms with Crippen LogP contribution in [-0.4, -0.2) is 23.5 Å². The minimum Gasteiger partial charge on any atom is -0.398 e. The third-order valence-electron chi connectivity index (χ3n) is 3.16. The summed E-state index contributed by atoms with van der Waals surface area (Å²) in [6.45, 7) is 0.347. The molecule has 6 nitrogen and oxygen atoms in total. The number of hydrogen-bond donors (Lipinski definition) is 2. The molecule has 0 saturated carbocycles. The van der Waals surface area contributed by atoms with E-state index in [0.717, 1.165) is 10.8 Å². The van der Waals surface area contributed by atoms with Gasteiger partial charge in [0.1, 0.15) is 0 Å². The molecule has 1 aromatic heterocycles. The van der Waals surface area contributed by atoms with Crippen molar-refractivity contribution in [3.8, 4) is 0 Å². The molecular formula is C13H12N4O2. The maximum Gasteiger partial charge on any atom is 0.328 e. The molecule has 1 saturated heterocycles. The third kappa shape index (κ3) is 1.87. The predicted octanol–water partition coefficient (Wildman–Crippen LogP) is 1.26. The summed E-state index contributed by atoms with van der Waals surface area (Å²) < 4.78 is 0. The SMILES string of the molecule is Nc1cccc2c(N3CCC(=O)NC3=O)cncc12. The number of imide groups is 1. The molecule has 1 aliphatic heterocycles. The fourth-order valence-electron chi connectivity index (χ4n) is 2.21. The van der Waals surface area contributed by atoms with Gasteiger partial charge in [0.25, 0.3) is 0 Å². The summed E-state index contributed by atoms with van der Waals surface area (Å²) in [6.07, 6.45) is 3.56. The first-order valence-corrected chi connectivity index (χ1v) is 5.90. The number of nitrogen functional groups attached to an aromatic ring is 1. The van der Waals surface area contributed by atoms with Gasteiger partial charge in [-0.25, -0.2) is 4.79 Å². The van der Waals surface area contributed by atoms with Crippen molar-refractivity contribution in [2.45, 2.75) is 6.42 Å². The highest BCUT2D eigenvalue weighted by molar-refractivity contribution is 6.10. The second-order valence-electron chi connectivity index (χ2n) is 4.36. The summed E-state index contributed by atoms with van der Waals surface area (Å²) in [7, 11) is 0. The van der Waals surface area contributed by atoms with Gasteiger partial charge < -0.3 is 5.73 Å². The first kappa shape index (κ1) is 11.5. The minimum absolute atomic E-state index is 0.256. The fourth-order valence-corrected chi connectivity index (χ4v) is 2.21. The number of carbonyl (C=O) groups excluding carboxylic acids is 2. The number of aromatic nitrogens is 1. The summed E-state index contributed by atoms with van der Waals surface area (Å²) in [5, 5.41) is 3.94. The number of hydrogen-bond acceptors (Lipinski definition) is 4. The zero-order valence-electron chi connectivity index (χ0n) is 10.1. The smallest absolute Gasteiger partial charge is 0.328 e. The van der Waals surface area contributed by atoms with Crippen molar-refractivity contribution in [2.75, 3.05) is 17.2 Å². The number of pyridine rings is 1. The van der Waals surface area contributed by atoms with Crippen LogP contribution >= 0.6 is 0 Å². The summed E-state index contributed by atoms with van der Waals surface area (Å²) in [6, 6.07) is 5.07. The van der Waals surface area contributed by atoms with Gasteiger partial charge in [-0.3, -0.25) is 20.0 Å². The van der Waals surface area contributed by atoms with Crippen LogP contribution in [0.4, 0.5) is 16.2 Å². The molecule has 96 valence electrons. The first-order chi connectivity index (χ1) is 9.16. The fraction of sp³-hybridized carbons (Fsp3) is 0.154. The molecule has 3 rings (SSSR count). The Morgan fingerprint density at radius 1 is 1.21 bits per heavy atom. The maximum atomic E-state index is 11.9. The number of carbonyl (C=O) groups is 2. The van der Waals surface area contributed by atoms with Crippen molar-refractivity contribution in [1.82, 2.24) is 10.3 Å². The second kappa shape index (κ2) is 4.24. The lowest BCUT2D eigenvalue weighted by Gasteiger charge is -2.27. The van der Waals surface area contributed by atoms with Gasteiger partial charge in [-0.2, -0.15) is 0 Å². The number of amides is 3. The lowest BCUT2D eigenvalue weighted by atomic mass is 10.1. The van der Waals surface area contributed by atoms with Crippen LogP contribution in [0.15, 0.2) is 30.6 Å². The second-order valence-corrected chi connectivity index (χ2v) is 4.36. The largest absolute Gasteiger partial charge is 0.398 e. The average Bonchev–Trinajstić information content (AvgIpc) is 2.39. The Bertz CT molecular complexity index is 683. The highest BCUT2D eigenvalue weighted by atomic mass is 16.2. The Morgan fingerprint density at radius 3 is 2.84 bits per heavy atom. The highest BCUT2D eigenvalue weighted by Gasteiger charge is 2.25. The van der Waals surface area contributed by atoms with Gasteiger partial charge >= 0.3 is 6.03 Å². The van der Waals surface area contributed by atoms with Gasteiger partial charge in [-0.15, -0.1) is 0 Å². The molecule has 19 heavy (non-hydrogen) atoms. The van der Waals surface area contributed by atoms with E-state index in [-0.39, 0.29) is 12.3 Å². The number of nitrogens with zero attached hydrogens (tertiary/aromatic N) is 2. The standard InChI is InChI=1S/C13H12N4O2/c14-10-3-1-2-8-9(10)6-15-7-11(8)17-5-4-12(18)16-13(17)19/h1-3,6-7H,4-5,14H2,(H,16,18,19). The lowest BCUT2D eigenvalue weighted by Crippen LogP contribution is -2.49. The average molecular weight is 256 g/mol. The molecule has 0 aliphatic carbocycles. The number of nitrogens with two attached hydrogens (primary N) is 1. The van der Waals surface area contributed by atoms with E-state index in [0.29, 0.717) is 17.9 Å². The molecule has 1 aromatic carbocycles. The summed E-state index contributed by atoms with van der Waals surface area (Å²) in [4.78, 5) is 28.7. The topological polar surface area (TPSA) is 88.3 Å². The molecule has 2 heterocycles. The molecule has 3 N–H and O–H groups in total. The Hall–Kier alpha value is -2.63. The van der Waals surface area contributed by atoms with E-state index in [9.17, 15) is 9.59 Å². The van der Waals surface area contributed by atoms with Crippen molar-refractivity contribution in [1.29, 1.82) is 0 Å². The number of fused-ring (bicyclic) bond motifs is 1. The number of anilines is 2. The molecule has 0 bridgehead atoms. The molecule has 0 unspecified atom stereocenters. The number of urea groups is 1. The number of nitrogens with one attached hydrogen (secondary N) is 1. The van der Waals surface area contributed by atoms with E-state index < -0.39 is 6.03 Å². The van der Waals surface area contributed by atoms with E-state index in [1.54, 1.807) is 18.5 Å². The molecule has 1 aliphatic rings. The van der Waals surface area contributed by atoms with E-state index in [2.05, 4.69) is 10.3 Å². The first-order valence-electron chi connectivity index (χ1n) is 5.90. The van der Waals surface area contributed by atoms with Crippen LogP contribution in [0.3, 0.4) is 0 Å². The zero-order valence-corrected chi connectivity index (χ0v) is 10.1. The van der Waals surface area contributed by atoms with E-state index >= 15 is 0 Å². The molecule has 1 fully saturated rings. The molecule has 0 spiro atoms. The number of benzene rings is 1. The maximum absolute atomic E-state index is 11.9. The van der Waals surface area contributed by atoms with Gasteiger partial charge in [-0.1, -0.05) is 12.1 Å². The van der Waals surface area contributed by atoms with E-state index in [1.807, 2.05) is 12.1 Å². The quantitative estimate of drug-likeness (QED) is 0.752. The molecule has 0 radical (unpaired) electrons. The Labute approximate surface area is 109 Å². The minimum atomic E-state index is -0.423. The number of rotatable bonds is 1. The van der Waals surface area contributed by atoms with Crippen LogP contribution < -0.4 is 16.0 Å². The van der Waals surface area contributed by atoms with Gasteiger partial charge in [0.05, 0.1) is 11.9 Å². The van der Waals surface area contributed by atoms with Gasteiger partial charge in [0.15, 0.2) is 0 Å². The lowest BCUT2D eigenvalue weighted by molar-refractivity contribution is -0.120. The van der Waals surface area contributed by atoms with Crippen LogP contribution in [0.5, 0.6) is 0 Å². The Balaban J connectivity index is 2.13. The summed E-state index contributed by atoms with van der Waals surface area (Å²) >= 11 is 0. The normalized spacial score (nSPS) is 15.7. The van der Waals surface area contributed by atoms with Gasteiger partial charge in [0, 0.05) is 35.6 Å². The van der Waals surface area contributed by atoms with Crippen molar-refractivity contribution < 1.29 is 9.59 Å². The highest BCUT2D eigenvalue weighted by Crippen LogP contribution is 2.29. The summed E-state index contributed by atoms with van der Waals surface area (Å²) in [5.41, 5.74) is 7.17. The van der Waals surface area contributed by atoms with Crippen molar-refractivity contribution >= 4 is 34.1 Å². The molecule has 3 amide bonds. The Morgan fingerprint density at radius 2 is 2.05 bits per heavy atom. The third-order valence-corrected chi connectivity index (χ3v) is 3.16. The molecule has 6 heteroatoms. The molecular weight excluding hydrogens is 244 g/mol. The zero-order chi connectivity index (χ0) is 13.4. The van der Waals surface area contributed by atoms with Crippen LogP contribution in [0, 0.1) is 0 Å². The summed E-state index contributed by atoms with van der Waals surface area (Å²) in [5.74, 6) is -0.256. The van der Waals surface area contributed by atoms with Gasteiger partial charge in [-0.05, 0) is 6.07 Å². The predicted molar refractivity (Wildman–Crippen MR) is 71.7 cm³/mol. The van der Waals surface area contributed by atoms with Crippen LogP contribution in [0.1, 0.15) is 6.42 Å². The van der Waals surface area contributed by atoms with E-state index in [1.165, 1.54) is 4.90 Å². The van der Waals surface area contributed by atoms with Crippen LogP contribution in [-0.2, 0) is 4.79 Å². The van der Waals surface area contributed by atoms with Crippen LogP contribution in [0.25, 0.3) is 10.8 Å². The molecule has 0 atom stereocenters. The molecule has 2 aromatic rings. The van der Waals surface area contributed by atoms with Crippen molar-refractivity contribution in [3.05, 3.63) is 30.6 Å². The van der Waals surface area contributed by atoms with Crippen LogP contribution in [0.2, 0.25) is 0 Å². The Kier molecular flexibility index (Phi) is 2.56. The van der Waals surface area contributed by atoms with E-state index in [4.69, 9.17) is 5.73 Å². The van der Waals surface area contributed by atoms with Crippen molar-refractivity contribution in [3.63, 3.8) is 0 Å². The van der Waals surface area contributed by atoms with Crippen molar-refractivity contribution in [2.24, 2.45) is 0 Å².